The maximum atomic E-state index is 12.2. The van der Waals surface area contributed by atoms with Crippen LogP contribution in [-0.2, 0) is 16.1 Å². The molecule has 0 saturated heterocycles. The van der Waals surface area contributed by atoms with Crippen LogP contribution in [0.1, 0.15) is 27.4 Å². The number of benzene rings is 2. The van der Waals surface area contributed by atoms with Gasteiger partial charge in [0.2, 0.25) is 5.91 Å². The maximum Gasteiger partial charge on any atom is 0.315 e. The van der Waals surface area contributed by atoms with E-state index in [1.807, 2.05) is 30.3 Å². The molecule has 0 saturated carbocycles. The maximum absolute atomic E-state index is 12.2. The first-order valence-electron chi connectivity index (χ1n) is 6.92. The van der Waals surface area contributed by atoms with E-state index in [0.717, 1.165) is 5.56 Å². The van der Waals surface area contributed by atoms with E-state index in [1.165, 1.54) is 0 Å². The number of esters is 1. The highest BCUT2D eigenvalue weighted by molar-refractivity contribution is 5.92. The number of amides is 1. The second kappa shape index (κ2) is 7.38. The van der Waals surface area contributed by atoms with Gasteiger partial charge in [0.05, 0.1) is 5.92 Å². The van der Waals surface area contributed by atoms with Gasteiger partial charge in [-0.25, -0.2) is 0 Å². The van der Waals surface area contributed by atoms with Crippen molar-refractivity contribution in [2.45, 2.75) is 12.5 Å². The summed E-state index contributed by atoms with van der Waals surface area (Å²) in [7, 11) is 0. The Balaban J connectivity index is 2.03. The topological polar surface area (TPSA) is 95.4 Å². The van der Waals surface area contributed by atoms with Crippen molar-refractivity contribution in [2.75, 3.05) is 6.54 Å². The minimum absolute atomic E-state index is 0.129. The Labute approximate surface area is 128 Å². The minimum Gasteiger partial charge on any atom is -0.460 e. The molecular weight excluding hydrogens is 280 g/mol. The zero-order valence-corrected chi connectivity index (χ0v) is 12.1. The molecular formula is C17H18N2O3. The Bertz CT molecular complexity index is 639. The molecule has 2 rings (SSSR count). The molecule has 114 valence electrons. The van der Waals surface area contributed by atoms with Crippen LogP contribution < -0.4 is 11.5 Å². The van der Waals surface area contributed by atoms with Gasteiger partial charge in [-0.05, 0) is 23.3 Å². The molecule has 0 aliphatic carbocycles. The van der Waals surface area contributed by atoms with E-state index < -0.39 is 17.8 Å². The molecule has 0 aliphatic heterocycles. The van der Waals surface area contributed by atoms with Gasteiger partial charge in [-0.15, -0.1) is 0 Å². The molecule has 1 amide bonds. The molecule has 0 fully saturated rings. The van der Waals surface area contributed by atoms with Gasteiger partial charge in [0.25, 0.3) is 0 Å². The van der Waals surface area contributed by atoms with E-state index in [9.17, 15) is 9.59 Å². The summed E-state index contributed by atoms with van der Waals surface area (Å²) in [4.78, 5) is 23.2. The van der Waals surface area contributed by atoms with Crippen LogP contribution >= 0.6 is 0 Å². The predicted molar refractivity (Wildman–Crippen MR) is 83.0 cm³/mol. The second-order valence-corrected chi connectivity index (χ2v) is 4.87. The first-order chi connectivity index (χ1) is 10.6. The van der Waals surface area contributed by atoms with Gasteiger partial charge in [0.15, 0.2) is 0 Å². The van der Waals surface area contributed by atoms with Gasteiger partial charge in [-0.3, -0.25) is 9.59 Å². The lowest BCUT2D eigenvalue weighted by Crippen LogP contribution is -2.24. The van der Waals surface area contributed by atoms with E-state index in [4.69, 9.17) is 16.2 Å². The SMILES string of the molecule is NCC(C(=O)OCc1ccccc1)c1ccc(C(N)=O)cc1. The number of hydrogen-bond donors (Lipinski definition) is 2. The molecule has 0 aliphatic rings. The molecule has 2 aromatic carbocycles. The highest BCUT2D eigenvalue weighted by atomic mass is 16.5. The Kier molecular flexibility index (Phi) is 5.27. The van der Waals surface area contributed by atoms with Crippen molar-refractivity contribution in [3.8, 4) is 0 Å². The molecule has 5 heteroatoms. The van der Waals surface area contributed by atoms with Crippen LogP contribution in [0, 0.1) is 0 Å². The fourth-order valence-corrected chi connectivity index (χ4v) is 2.08. The van der Waals surface area contributed by atoms with E-state index >= 15 is 0 Å². The molecule has 5 nitrogen and oxygen atoms in total. The lowest BCUT2D eigenvalue weighted by molar-refractivity contribution is -0.146. The fraction of sp³-hybridized carbons (Fsp3) is 0.176. The summed E-state index contributed by atoms with van der Waals surface area (Å²) < 4.78 is 5.30. The summed E-state index contributed by atoms with van der Waals surface area (Å²) >= 11 is 0. The van der Waals surface area contributed by atoms with Crippen molar-refractivity contribution in [3.63, 3.8) is 0 Å². The highest BCUT2D eigenvalue weighted by Gasteiger charge is 2.21. The van der Waals surface area contributed by atoms with Gasteiger partial charge < -0.3 is 16.2 Å². The van der Waals surface area contributed by atoms with Gasteiger partial charge in [0, 0.05) is 12.1 Å². The van der Waals surface area contributed by atoms with E-state index in [1.54, 1.807) is 24.3 Å². The third-order valence-corrected chi connectivity index (χ3v) is 3.34. The van der Waals surface area contributed by atoms with Crippen LogP contribution in [0.2, 0.25) is 0 Å². The molecule has 1 atom stereocenters. The van der Waals surface area contributed by atoms with Crippen molar-refractivity contribution in [1.29, 1.82) is 0 Å². The third-order valence-electron chi connectivity index (χ3n) is 3.34. The monoisotopic (exact) mass is 298 g/mol. The standard InChI is InChI=1S/C17H18N2O3/c18-10-15(13-6-8-14(9-7-13)16(19)20)17(21)22-11-12-4-2-1-3-5-12/h1-9,15H,10-11,18H2,(H2,19,20). The average molecular weight is 298 g/mol. The minimum atomic E-state index is -0.564. The summed E-state index contributed by atoms with van der Waals surface area (Å²) in [6, 6.07) is 15.9. The number of hydrogen-bond acceptors (Lipinski definition) is 4. The number of ether oxygens (including phenoxy) is 1. The summed E-state index contributed by atoms with van der Waals surface area (Å²) in [5.74, 6) is -1.47. The molecule has 0 heterocycles. The van der Waals surface area contributed by atoms with Crippen molar-refractivity contribution >= 4 is 11.9 Å². The Morgan fingerprint density at radius 2 is 1.64 bits per heavy atom. The third kappa shape index (κ3) is 3.93. The normalized spacial score (nSPS) is 11.7. The number of primary amides is 1. The second-order valence-electron chi connectivity index (χ2n) is 4.87. The number of carbonyl (C=O) groups excluding carboxylic acids is 2. The van der Waals surface area contributed by atoms with Crippen molar-refractivity contribution in [1.82, 2.24) is 0 Å². The smallest absolute Gasteiger partial charge is 0.315 e. The average Bonchev–Trinajstić information content (AvgIpc) is 2.55. The lowest BCUT2D eigenvalue weighted by atomic mass is 9.98. The zero-order valence-electron chi connectivity index (χ0n) is 12.1. The summed E-state index contributed by atoms with van der Waals surface area (Å²) in [5.41, 5.74) is 12.9. The lowest BCUT2D eigenvalue weighted by Gasteiger charge is -2.15. The van der Waals surface area contributed by atoms with Crippen molar-refractivity contribution < 1.29 is 14.3 Å². The molecule has 22 heavy (non-hydrogen) atoms. The summed E-state index contributed by atoms with van der Waals surface area (Å²) in [5, 5.41) is 0. The molecule has 1 unspecified atom stereocenters. The molecule has 4 N–H and O–H groups in total. The quantitative estimate of drug-likeness (QED) is 0.791. The molecule has 0 radical (unpaired) electrons. The van der Waals surface area contributed by atoms with Crippen molar-refractivity contribution in [2.24, 2.45) is 11.5 Å². The van der Waals surface area contributed by atoms with E-state index in [0.29, 0.717) is 11.1 Å². The molecule has 0 aromatic heterocycles. The van der Waals surface area contributed by atoms with Gasteiger partial charge in [-0.1, -0.05) is 42.5 Å². The van der Waals surface area contributed by atoms with Gasteiger partial charge >= 0.3 is 5.97 Å². The van der Waals surface area contributed by atoms with Crippen LogP contribution in [-0.4, -0.2) is 18.4 Å². The van der Waals surface area contributed by atoms with Crippen LogP contribution in [0.3, 0.4) is 0 Å². The van der Waals surface area contributed by atoms with Gasteiger partial charge in [0.1, 0.15) is 6.61 Å². The van der Waals surface area contributed by atoms with Crippen molar-refractivity contribution in [3.05, 3.63) is 71.3 Å². The molecule has 0 bridgehead atoms. The number of carbonyl (C=O) groups is 2. The first-order valence-corrected chi connectivity index (χ1v) is 6.92. The molecule has 0 spiro atoms. The Morgan fingerprint density at radius 3 is 2.18 bits per heavy atom. The Morgan fingerprint density at radius 1 is 1.00 bits per heavy atom. The largest absolute Gasteiger partial charge is 0.460 e. The van der Waals surface area contributed by atoms with E-state index in [-0.39, 0.29) is 13.2 Å². The number of nitrogens with two attached hydrogens (primary N) is 2. The zero-order chi connectivity index (χ0) is 15.9. The highest BCUT2D eigenvalue weighted by Crippen LogP contribution is 2.18. The van der Waals surface area contributed by atoms with Crippen LogP contribution in [0.25, 0.3) is 0 Å². The first kappa shape index (κ1) is 15.7. The predicted octanol–water partition coefficient (Wildman–Crippen LogP) is 1.57. The van der Waals surface area contributed by atoms with Crippen LogP contribution in [0.4, 0.5) is 0 Å². The van der Waals surface area contributed by atoms with E-state index in [2.05, 4.69) is 0 Å². The van der Waals surface area contributed by atoms with Crippen LogP contribution in [0.15, 0.2) is 54.6 Å². The summed E-state index contributed by atoms with van der Waals surface area (Å²) in [6.45, 7) is 0.332. The summed E-state index contributed by atoms with van der Waals surface area (Å²) in [6.07, 6.45) is 0. The number of rotatable bonds is 6. The Hall–Kier alpha value is -2.66. The van der Waals surface area contributed by atoms with Crippen LogP contribution in [0.5, 0.6) is 0 Å². The van der Waals surface area contributed by atoms with Gasteiger partial charge in [-0.2, -0.15) is 0 Å². The fourth-order valence-electron chi connectivity index (χ4n) is 2.08. The molecule has 2 aromatic rings.